The largest absolute Gasteiger partial charge is 0.465 e. The Morgan fingerprint density at radius 3 is 2.72 bits per heavy atom. The number of ether oxygens (including phenoxy) is 1. The van der Waals surface area contributed by atoms with Crippen LogP contribution in [0.15, 0.2) is 24.3 Å². The first-order chi connectivity index (χ1) is 8.69. The van der Waals surface area contributed by atoms with Gasteiger partial charge in [-0.15, -0.1) is 0 Å². The molecule has 3 rings (SSSR count). The summed E-state index contributed by atoms with van der Waals surface area (Å²) in [6.07, 6.45) is 0.837. The van der Waals surface area contributed by atoms with Crippen LogP contribution < -0.4 is 0 Å². The van der Waals surface area contributed by atoms with Crippen LogP contribution >= 0.6 is 0 Å². The van der Waals surface area contributed by atoms with Gasteiger partial charge in [0.05, 0.1) is 6.61 Å². The molecule has 1 fully saturated rings. The topological polar surface area (TPSA) is 43.4 Å². The maximum Gasteiger partial charge on any atom is 0.320 e. The number of hydrogen-bond donors (Lipinski definition) is 0. The van der Waals surface area contributed by atoms with E-state index in [0.717, 1.165) is 12.0 Å². The Hall–Kier alpha value is -1.64. The molecule has 3 unspecified atom stereocenters. The van der Waals surface area contributed by atoms with E-state index in [1.807, 2.05) is 31.2 Å². The Kier molecular flexibility index (Phi) is 2.34. The van der Waals surface area contributed by atoms with E-state index in [9.17, 15) is 9.59 Å². The smallest absolute Gasteiger partial charge is 0.320 e. The Labute approximate surface area is 106 Å². The zero-order valence-corrected chi connectivity index (χ0v) is 10.6. The van der Waals surface area contributed by atoms with Crippen molar-refractivity contribution in [2.75, 3.05) is 6.61 Å². The highest BCUT2D eigenvalue weighted by Crippen LogP contribution is 2.72. The maximum atomic E-state index is 12.5. The van der Waals surface area contributed by atoms with Crippen LogP contribution in [0.2, 0.25) is 0 Å². The Balaban J connectivity index is 2.08. The number of carbonyl (C=O) groups is 2. The average molecular weight is 244 g/mol. The number of rotatable bonds is 3. The molecular formula is C15H16O3. The van der Waals surface area contributed by atoms with E-state index in [1.165, 1.54) is 0 Å². The standard InChI is InChI=1S/C15H16O3/c1-3-11-12-9-7-5-6-8-10(9)13(16)15(11,12)14(17)18-4-2/h5-8,11-12H,3-4H2,1-2H3. The molecule has 2 aliphatic carbocycles. The van der Waals surface area contributed by atoms with Gasteiger partial charge in [-0.1, -0.05) is 37.6 Å². The molecule has 18 heavy (non-hydrogen) atoms. The normalized spacial score (nSPS) is 31.8. The fraction of sp³-hybridized carbons (Fsp3) is 0.467. The van der Waals surface area contributed by atoms with Gasteiger partial charge in [0.25, 0.3) is 0 Å². The summed E-state index contributed by atoms with van der Waals surface area (Å²) in [5.41, 5.74) is 0.844. The first-order valence-electron chi connectivity index (χ1n) is 6.50. The number of carbonyl (C=O) groups excluding carboxylic acids is 2. The molecule has 3 nitrogen and oxygen atoms in total. The molecule has 0 aromatic heterocycles. The number of Topliss-reactive ketones (excluding diaryl/α,β-unsaturated/α-hetero) is 1. The molecule has 0 bridgehead atoms. The number of ketones is 1. The summed E-state index contributed by atoms with van der Waals surface area (Å²) in [6.45, 7) is 4.13. The summed E-state index contributed by atoms with van der Waals surface area (Å²) in [7, 11) is 0. The van der Waals surface area contributed by atoms with Crippen LogP contribution in [0, 0.1) is 11.3 Å². The highest BCUT2D eigenvalue weighted by Gasteiger charge is 2.78. The van der Waals surface area contributed by atoms with Crippen molar-refractivity contribution in [3.8, 4) is 0 Å². The van der Waals surface area contributed by atoms with E-state index in [-0.39, 0.29) is 23.6 Å². The van der Waals surface area contributed by atoms with Crippen molar-refractivity contribution < 1.29 is 14.3 Å². The minimum Gasteiger partial charge on any atom is -0.465 e. The average Bonchev–Trinajstić information content (AvgIpc) is 3.00. The highest BCUT2D eigenvalue weighted by atomic mass is 16.5. The second kappa shape index (κ2) is 3.67. The minimum atomic E-state index is -0.894. The first kappa shape index (κ1) is 11.5. The Bertz CT molecular complexity index is 534. The van der Waals surface area contributed by atoms with E-state index in [4.69, 9.17) is 4.74 Å². The van der Waals surface area contributed by atoms with Crippen molar-refractivity contribution in [3.05, 3.63) is 35.4 Å². The third-order valence-electron chi connectivity index (χ3n) is 4.34. The van der Waals surface area contributed by atoms with Crippen molar-refractivity contribution in [2.45, 2.75) is 26.2 Å². The molecule has 1 aromatic carbocycles. The molecule has 0 heterocycles. The number of esters is 1. The van der Waals surface area contributed by atoms with Crippen LogP contribution in [0.1, 0.15) is 42.1 Å². The van der Waals surface area contributed by atoms with Gasteiger partial charge in [0.15, 0.2) is 5.78 Å². The quantitative estimate of drug-likeness (QED) is 0.606. The lowest BCUT2D eigenvalue weighted by molar-refractivity contribution is -0.148. The molecule has 1 aromatic rings. The molecule has 3 heteroatoms. The van der Waals surface area contributed by atoms with Gasteiger partial charge in [0.2, 0.25) is 0 Å². The molecule has 0 spiro atoms. The van der Waals surface area contributed by atoms with Crippen LogP contribution in [0.4, 0.5) is 0 Å². The van der Waals surface area contributed by atoms with Gasteiger partial charge in [-0.2, -0.15) is 0 Å². The van der Waals surface area contributed by atoms with Gasteiger partial charge in [-0.3, -0.25) is 9.59 Å². The molecule has 2 aliphatic rings. The zero-order valence-electron chi connectivity index (χ0n) is 10.6. The van der Waals surface area contributed by atoms with E-state index in [2.05, 4.69) is 0 Å². The summed E-state index contributed by atoms with van der Waals surface area (Å²) in [4.78, 5) is 24.8. The monoisotopic (exact) mass is 244 g/mol. The van der Waals surface area contributed by atoms with Crippen molar-refractivity contribution in [2.24, 2.45) is 11.3 Å². The van der Waals surface area contributed by atoms with Gasteiger partial charge < -0.3 is 4.74 Å². The highest BCUT2D eigenvalue weighted by molar-refractivity contribution is 6.21. The fourth-order valence-corrected chi connectivity index (χ4v) is 3.61. The number of hydrogen-bond acceptors (Lipinski definition) is 3. The van der Waals surface area contributed by atoms with E-state index in [0.29, 0.717) is 12.2 Å². The molecule has 0 radical (unpaired) electrons. The van der Waals surface area contributed by atoms with Gasteiger partial charge in [-0.05, 0) is 18.4 Å². The molecule has 0 aliphatic heterocycles. The lowest BCUT2D eigenvalue weighted by atomic mass is 9.93. The van der Waals surface area contributed by atoms with E-state index < -0.39 is 5.41 Å². The maximum absolute atomic E-state index is 12.5. The lowest BCUT2D eigenvalue weighted by Crippen LogP contribution is -2.29. The van der Waals surface area contributed by atoms with Crippen LogP contribution in [0.25, 0.3) is 0 Å². The van der Waals surface area contributed by atoms with E-state index in [1.54, 1.807) is 6.92 Å². The second-order valence-electron chi connectivity index (χ2n) is 5.00. The predicted octanol–water partition coefficient (Wildman–Crippen LogP) is 2.56. The van der Waals surface area contributed by atoms with Crippen LogP contribution in [-0.4, -0.2) is 18.4 Å². The van der Waals surface area contributed by atoms with E-state index >= 15 is 0 Å². The van der Waals surface area contributed by atoms with Gasteiger partial charge >= 0.3 is 5.97 Å². The van der Waals surface area contributed by atoms with Gasteiger partial charge in [0, 0.05) is 11.5 Å². The molecule has 0 amide bonds. The Morgan fingerprint density at radius 1 is 1.33 bits per heavy atom. The van der Waals surface area contributed by atoms with Gasteiger partial charge in [0.1, 0.15) is 5.41 Å². The summed E-state index contributed by atoms with van der Waals surface area (Å²) in [5, 5.41) is 0. The van der Waals surface area contributed by atoms with Crippen LogP contribution in [0.3, 0.4) is 0 Å². The molecule has 0 saturated heterocycles. The zero-order chi connectivity index (χ0) is 12.9. The Morgan fingerprint density at radius 2 is 2.06 bits per heavy atom. The van der Waals surface area contributed by atoms with Crippen molar-refractivity contribution in [1.82, 2.24) is 0 Å². The van der Waals surface area contributed by atoms with Gasteiger partial charge in [-0.25, -0.2) is 0 Å². The molecule has 0 N–H and O–H groups in total. The van der Waals surface area contributed by atoms with Crippen molar-refractivity contribution in [3.63, 3.8) is 0 Å². The molecular weight excluding hydrogens is 228 g/mol. The fourth-order valence-electron chi connectivity index (χ4n) is 3.61. The third-order valence-corrected chi connectivity index (χ3v) is 4.34. The molecule has 1 saturated carbocycles. The number of fused-ring (bicyclic) bond motifs is 3. The van der Waals surface area contributed by atoms with Crippen molar-refractivity contribution >= 4 is 11.8 Å². The SMILES string of the molecule is CCOC(=O)C12C(=O)c3ccccc3C1C2CC. The summed E-state index contributed by atoms with van der Waals surface area (Å²) in [5.74, 6) is -0.194. The summed E-state index contributed by atoms with van der Waals surface area (Å²) in [6, 6.07) is 7.56. The van der Waals surface area contributed by atoms with Crippen LogP contribution in [-0.2, 0) is 9.53 Å². The second-order valence-corrected chi connectivity index (χ2v) is 5.00. The molecule has 94 valence electrons. The minimum absolute atomic E-state index is 0.0339. The molecule has 3 atom stereocenters. The van der Waals surface area contributed by atoms with Crippen LogP contribution in [0.5, 0.6) is 0 Å². The third kappa shape index (κ3) is 1.10. The lowest BCUT2D eigenvalue weighted by Gasteiger charge is -2.12. The predicted molar refractivity (Wildman–Crippen MR) is 66.4 cm³/mol. The first-order valence-corrected chi connectivity index (χ1v) is 6.50. The van der Waals surface area contributed by atoms with Crippen molar-refractivity contribution in [1.29, 1.82) is 0 Å². The number of benzene rings is 1. The summed E-state index contributed by atoms with van der Waals surface area (Å²) >= 11 is 0. The summed E-state index contributed by atoms with van der Waals surface area (Å²) < 4.78 is 5.14.